The van der Waals surface area contributed by atoms with Gasteiger partial charge in [0.15, 0.2) is 0 Å². The van der Waals surface area contributed by atoms with E-state index in [-0.39, 0.29) is 0 Å². The van der Waals surface area contributed by atoms with E-state index in [9.17, 15) is 0 Å². The normalized spacial score (nSPS) is 9.54. The van der Waals surface area contributed by atoms with Crippen LogP contribution in [0.2, 0.25) is 0 Å². The molecule has 0 aliphatic rings. The molecule has 0 saturated heterocycles. The van der Waals surface area contributed by atoms with Crippen molar-refractivity contribution in [1.82, 2.24) is 9.97 Å². The van der Waals surface area contributed by atoms with E-state index in [1.807, 2.05) is 48.7 Å². The molecule has 2 nitrogen and oxygen atoms in total. The lowest BCUT2D eigenvalue weighted by Gasteiger charge is -1.88. The summed E-state index contributed by atoms with van der Waals surface area (Å²) in [7, 11) is 0. The molecule has 2 aromatic rings. The highest BCUT2D eigenvalue weighted by atomic mass is 14.7. The first-order valence-corrected chi connectivity index (χ1v) is 4.18. The Kier molecular flexibility index (Phi) is 2.23. The number of H-pyrrole nitrogens is 1. The maximum absolute atomic E-state index is 4.29. The summed E-state index contributed by atoms with van der Waals surface area (Å²) in [5.41, 5.74) is 1.98. The van der Waals surface area contributed by atoms with Gasteiger partial charge in [-0.05, 0) is 24.3 Å². The minimum Gasteiger partial charge on any atom is -0.360 e. The lowest BCUT2D eigenvalue weighted by molar-refractivity contribution is 1.39. The maximum Gasteiger partial charge on any atom is 0.0864 e. The summed E-state index contributed by atoms with van der Waals surface area (Å²) in [6.07, 6.45) is 3.68. The summed E-state index contributed by atoms with van der Waals surface area (Å²) in [5, 5.41) is 0. The van der Waals surface area contributed by atoms with Crippen molar-refractivity contribution in [3.05, 3.63) is 54.9 Å². The number of aromatic amines is 1. The predicted molar refractivity (Wildman–Crippen MR) is 53.7 cm³/mol. The van der Waals surface area contributed by atoms with Crippen LogP contribution in [0.15, 0.2) is 54.9 Å². The largest absolute Gasteiger partial charge is 0.360 e. The molecule has 0 saturated carbocycles. The molecule has 2 rings (SSSR count). The lowest BCUT2D eigenvalue weighted by atomic mass is 10.3. The summed E-state index contributed by atoms with van der Waals surface area (Å²) in [6, 6.07) is 13.7. The number of fused-ring (bicyclic) bond motifs is 1. The number of hydrogen-bond donors (Lipinski definition) is 1. The van der Waals surface area contributed by atoms with Crippen molar-refractivity contribution in [2.24, 2.45) is 0 Å². The van der Waals surface area contributed by atoms with Crippen molar-refractivity contribution in [2.45, 2.75) is 0 Å². The second-order valence-electron chi connectivity index (χ2n) is 2.68. The van der Waals surface area contributed by atoms with Crippen LogP contribution in [-0.2, 0) is 0 Å². The van der Waals surface area contributed by atoms with Gasteiger partial charge < -0.3 is 4.98 Å². The Balaban J connectivity index is 2.82. The van der Waals surface area contributed by atoms with E-state index < -0.39 is 0 Å². The molecule has 1 N–H and O–H groups in total. The number of aromatic nitrogens is 2. The van der Waals surface area contributed by atoms with Gasteiger partial charge in [0.1, 0.15) is 0 Å². The van der Waals surface area contributed by atoms with Crippen LogP contribution in [0.1, 0.15) is 0 Å². The lowest BCUT2D eigenvalue weighted by Crippen LogP contribution is -1.73. The summed E-state index contributed by atoms with van der Waals surface area (Å²) < 4.78 is 0. The fraction of sp³-hybridized carbons (Fsp3) is 0. The van der Waals surface area contributed by atoms with Crippen molar-refractivity contribution in [3.63, 3.8) is 0 Å². The zero-order chi connectivity index (χ0) is 8.93. The number of nitrogens with zero attached hydrogens (tertiary/aromatic N) is 1. The van der Waals surface area contributed by atoms with Crippen molar-refractivity contribution >= 4 is 11.0 Å². The fourth-order valence-corrected chi connectivity index (χ4v) is 1.14. The van der Waals surface area contributed by atoms with Crippen LogP contribution in [0.3, 0.4) is 0 Å². The molecule has 0 amide bonds. The fourth-order valence-electron chi connectivity index (χ4n) is 1.14. The van der Waals surface area contributed by atoms with E-state index in [1.54, 1.807) is 6.20 Å². The second kappa shape index (κ2) is 3.72. The average Bonchev–Trinajstić information content (AvgIpc) is 2.28. The van der Waals surface area contributed by atoms with E-state index in [0.717, 1.165) is 11.0 Å². The summed E-state index contributed by atoms with van der Waals surface area (Å²) in [5.74, 6) is 0. The molecule has 0 fully saturated rings. The van der Waals surface area contributed by atoms with Crippen LogP contribution in [0, 0.1) is 0 Å². The zero-order valence-electron chi connectivity index (χ0n) is 7.14. The van der Waals surface area contributed by atoms with Crippen molar-refractivity contribution in [3.8, 4) is 0 Å². The predicted octanol–water partition coefficient (Wildman–Crippen LogP) is 2.69. The highest BCUT2D eigenvalue weighted by Gasteiger charge is 1.84. The first kappa shape index (κ1) is 7.80. The molecule has 0 aliphatic carbocycles. The standard InChI is InChI=1S/C11H10N2/c1-4-8-12-10-6-2-3-7-11(10)13-9-5-1/h1-9,12H. The molecule has 64 valence electrons. The molecule has 0 bridgehead atoms. The van der Waals surface area contributed by atoms with Crippen molar-refractivity contribution in [2.75, 3.05) is 0 Å². The topological polar surface area (TPSA) is 28.7 Å². The molecule has 1 aromatic heterocycles. The third-order valence-electron chi connectivity index (χ3n) is 1.76. The van der Waals surface area contributed by atoms with Gasteiger partial charge in [-0.2, -0.15) is 0 Å². The third kappa shape index (κ3) is 1.85. The number of hydrogen-bond acceptors (Lipinski definition) is 1. The number of rotatable bonds is 0. The van der Waals surface area contributed by atoms with Crippen LogP contribution in [0.5, 0.6) is 0 Å². The van der Waals surface area contributed by atoms with Crippen LogP contribution >= 0.6 is 0 Å². The van der Waals surface area contributed by atoms with Gasteiger partial charge in [-0.15, -0.1) is 0 Å². The molecule has 1 heterocycles. The molecular weight excluding hydrogens is 160 g/mol. The Labute approximate surface area is 76.6 Å². The van der Waals surface area contributed by atoms with Crippen LogP contribution in [0.25, 0.3) is 11.0 Å². The molecule has 0 unspecified atom stereocenters. The van der Waals surface area contributed by atoms with Gasteiger partial charge in [0, 0.05) is 12.4 Å². The highest BCUT2D eigenvalue weighted by molar-refractivity contribution is 5.72. The first-order valence-electron chi connectivity index (χ1n) is 4.18. The van der Waals surface area contributed by atoms with Crippen molar-refractivity contribution in [1.29, 1.82) is 0 Å². The van der Waals surface area contributed by atoms with Gasteiger partial charge >= 0.3 is 0 Å². The summed E-state index contributed by atoms with van der Waals surface area (Å²) >= 11 is 0. The Morgan fingerprint density at radius 1 is 0.923 bits per heavy atom. The van der Waals surface area contributed by atoms with E-state index in [0.29, 0.717) is 0 Å². The first-order chi connectivity index (χ1) is 6.47. The Morgan fingerprint density at radius 2 is 1.85 bits per heavy atom. The van der Waals surface area contributed by atoms with Gasteiger partial charge in [0.2, 0.25) is 0 Å². The maximum atomic E-state index is 4.29. The van der Waals surface area contributed by atoms with Gasteiger partial charge in [-0.25, -0.2) is 0 Å². The minimum atomic E-state index is 0.957. The van der Waals surface area contributed by atoms with Gasteiger partial charge in [0.05, 0.1) is 11.0 Å². The smallest absolute Gasteiger partial charge is 0.0864 e. The molecule has 0 spiro atoms. The van der Waals surface area contributed by atoms with Crippen LogP contribution in [-0.4, -0.2) is 9.97 Å². The second-order valence-corrected chi connectivity index (χ2v) is 2.68. The zero-order valence-corrected chi connectivity index (χ0v) is 7.14. The van der Waals surface area contributed by atoms with Gasteiger partial charge in [-0.3, -0.25) is 4.98 Å². The number of benzene rings is 1. The van der Waals surface area contributed by atoms with Crippen molar-refractivity contribution < 1.29 is 0 Å². The summed E-state index contributed by atoms with van der Waals surface area (Å²) in [4.78, 5) is 7.45. The van der Waals surface area contributed by atoms with Crippen LogP contribution < -0.4 is 0 Å². The molecule has 0 aliphatic heterocycles. The summed E-state index contributed by atoms with van der Waals surface area (Å²) in [6.45, 7) is 0. The quantitative estimate of drug-likeness (QED) is 0.647. The molecule has 0 atom stereocenters. The number of para-hydroxylation sites is 2. The average molecular weight is 170 g/mol. The Hall–Kier alpha value is -1.83. The molecule has 1 aromatic carbocycles. The van der Waals surface area contributed by atoms with E-state index in [2.05, 4.69) is 9.97 Å². The Bertz CT molecular complexity index is 404. The highest BCUT2D eigenvalue weighted by Crippen LogP contribution is 2.03. The monoisotopic (exact) mass is 170 g/mol. The van der Waals surface area contributed by atoms with Gasteiger partial charge in [0.25, 0.3) is 0 Å². The van der Waals surface area contributed by atoms with Gasteiger partial charge in [-0.1, -0.05) is 18.2 Å². The minimum absolute atomic E-state index is 0.957. The molecule has 13 heavy (non-hydrogen) atoms. The van der Waals surface area contributed by atoms with E-state index in [1.165, 1.54) is 0 Å². The third-order valence-corrected chi connectivity index (χ3v) is 1.76. The molecule has 2 heteroatoms. The van der Waals surface area contributed by atoms with E-state index in [4.69, 9.17) is 0 Å². The van der Waals surface area contributed by atoms with E-state index >= 15 is 0 Å². The molecular formula is C11H10N2. The SMILES string of the molecule is c1ccnc2ccccc2[nH]cc1. The molecule has 0 radical (unpaired) electrons. The number of nitrogens with one attached hydrogen (secondary N) is 1. The van der Waals surface area contributed by atoms with Crippen LogP contribution in [0.4, 0.5) is 0 Å². The Morgan fingerprint density at radius 3 is 2.85 bits per heavy atom.